The van der Waals surface area contributed by atoms with Crippen molar-refractivity contribution in [2.24, 2.45) is 22.2 Å². The summed E-state index contributed by atoms with van der Waals surface area (Å²) in [4.78, 5) is 82.9. The molecule has 2 aliphatic rings. The molecule has 15 nitrogen and oxygen atoms in total. The van der Waals surface area contributed by atoms with Crippen molar-refractivity contribution in [3.05, 3.63) is 0 Å². The molecule has 2 fully saturated rings. The number of rotatable bonds is 9. The Morgan fingerprint density at radius 3 is 2.37 bits per heavy atom. The molecule has 2 aliphatic heterocycles. The Labute approximate surface area is 247 Å². The Hall–Kier alpha value is -3.21. The molecule has 0 unspecified atom stereocenters. The number of primary amides is 1. The second-order valence-electron chi connectivity index (χ2n) is 9.80. The summed E-state index contributed by atoms with van der Waals surface area (Å²) in [6.07, 6.45) is 3.63. The lowest BCUT2D eigenvalue weighted by atomic mass is 10.1. The number of thioether (sulfide) groups is 2. The van der Waals surface area contributed by atoms with Gasteiger partial charge in [0.1, 0.15) is 30.2 Å². The van der Waals surface area contributed by atoms with Crippen molar-refractivity contribution < 1.29 is 28.8 Å². The highest BCUT2D eigenvalue weighted by atomic mass is 32.2. The number of hydrogen-bond acceptors (Lipinski definition) is 9. The van der Waals surface area contributed by atoms with Crippen LogP contribution in [0.25, 0.3) is 0 Å². The van der Waals surface area contributed by atoms with Crippen LogP contribution in [0.4, 0.5) is 0 Å². The van der Waals surface area contributed by atoms with Crippen LogP contribution in [0.15, 0.2) is 4.99 Å². The number of amides is 6. The fourth-order valence-electron chi connectivity index (χ4n) is 4.51. The van der Waals surface area contributed by atoms with Gasteiger partial charge in [-0.15, -0.1) is 0 Å². The maximum Gasteiger partial charge on any atom is 0.245 e. The molecule has 10 N–H and O–H groups in total. The van der Waals surface area contributed by atoms with Crippen LogP contribution in [0.5, 0.6) is 0 Å². The van der Waals surface area contributed by atoms with E-state index < -0.39 is 65.7 Å². The Kier molecular flexibility index (Phi) is 14.0. The van der Waals surface area contributed by atoms with E-state index in [4.69, 9.17) is 17.2 Å². The summed E-state index contributed by atoms with van der Waals surface area (Å²) in [5, 5.41) is 10.6. The van der Waals surface area contributed by atoms with Crippen LogP contribution >= 0.6 is 23.5 Å². The first-order chi connectivity index (χ1) is 19.4. The Morgan fingerprint density at radius 2 is 1.73 bits per heavy atom. The maximum absolute atomic E-state index is 13.6. The zero-order chi connectivity index (χ0) is 30.5. The number of nitrogens with two attached hydrogens (primary N) is 3. The normalized spacial score (nSPS) is 26.3. The van der Waals surface area contributed by atoms with Crippen LogP contribution in [0, 0.1) is 0 Å². The van der Waals surface area contributed by atoms with Gasteiger partial charge in [0.2, 0.25) is 35.4 Å². The summed E-state index contributed by atoms with van der Waals surface area (Å²) < 4.78 is 0. The zero-order valence-electron chi connectivity index (χ0n) is 23.4. The highest BCUT2D eigenvalue weighted by molar-refractivity contribution is 7.99. The van der Waals surface area contributed by atoms with Gasteiger partial charge in [-0.2, -0.15) is 23.5 Å². The fourth-order valence-corrected chi connectivity index (χ4v) is 6.07. The Balaban J connectivity index is 2.41. The van der Waals surface area contributed by atoms with Crippen molar-refractivity contribution in [1.29, 1.82) is 0 Å². The van der Waals surface area contributed by atoms with E-state index >= 15 is 0 Å². The molecule has 2 saturated heterocycles. The summed E-state index contributed by atoms with van der Waals surface area (Å²) in [5.74, 6) is -2.87. The van der Waals surface area contributed by atoms with Gasteiger partial charge < -0.3 is 43.4 Å². The zero-order valence-corrected chi connectivity index (χ0v) is 25.0. The van der Waals surface area contributed by atoms with Gasteiger partial charge in [0.15, 0.2) is 5.96 Å². The Morgan fingerprint density at radius 1 is 1.02 bits per heavy atom. The summed E-state index contributed by atoms with van der Waals surface area (Å²) in [7, 11) is 0. The average molecular weight is 616 g/mol. The van der Waals surface area contributed by atoms with Crippen molar-refractivity contribution in [1.82, 2.24) is 26.2 Å². The number of aliphatic imine (C=N–C) groups is 1. The minimum atomic E-state index is -1.11. The lowest BCUT2D eigenvalue weighted by Gasteiger charge is -2.31. The predicted molar refractivity (Wildman–Crippen MR) is 158 cm³/mol. The summed E-state index contributed by atoms with van der Waals surface area (Å²) in [6, 6.07) is -4.95. The number of carbonyl (C=O) groups is 6. The molecule has 0 radical (unpaired) electrons. The van der Waals surface area contributed by atoms with E-state index in [1.165, 1.54) is 23.6 Å². The standard InChI is InChI=1S/C24H41N9O6S2/c1-13(34)29-17-12-41-11-16(19(25)35)32-20(36)14(5-3-8-28-24(26)27)30-22(38)18-6-4-9-33(18)23(39)15(7-10-40-2)31-21(17)37/h14-18H,3-12H2,1-2H3,(H2,25,35)(H,29,34)(H,30,38)(H,31,37)(H,32,36)(H4,26,27,28)/t14-,15-,16-,17-,18-/m0/s1. The smallest absolute Gasteiger partial charge is 0.245 e. The molecule has 2 rings (SSSR count). The molecule has 2 heterocycles. The van der Waals surface area contributed by atoms with Crippen molar-refractivity contribution in [3.8, 4) is 0 Å². The summed E-state index contributed by atoms with van der Waals surface area (Å²) >= 11 is 2.62. The van der Waals surface area contributed by atoms with Crippen LogP contribution < -0.4 is 38.5 Å². The quantitative estimate of drug-likeness (QED) is 0.0786. The second kappa shape index (κ2) is 16.9. The van der Waals surface area contributed by atoms with Crippen LogP contribution in [0.1, 0.15) is 39.0 Å². The second-order valence-corrected chi connectivity index (χ2v) is 11.9. The number of fused-ring (bicyclic) bond motifs is 1. The van der Waals surface area contributed by atoms with E-state index in [1.807, 2.05) is 6.26 Å². The highest BCUT2D eigenvalue weighted by Gasteiger charge is 2.39. The van der Waals surface area contributed by atoms with Crippen molar-refractivity contribution in [2.45, 2.75) is 69.2 Å². The largest absolute Gasteiger partial charge is 0.370 e. The Bertz CT molecular complexity index is 1010. The third-order valence-corrected chi connectivity index (χ3v) is 8.35. The van der Waals surface area contributed by atoms with Gasteiger partial charge >= 0.3 is 0 Å². The van der Waals surface area contributed by atoms with Gasteiger partial charge in [-0.1, -0.05) is 0 Å². The fraction of sp³-hybridized carbons (Fsp3) is 0.708. The van der Waals surface area contributed by atoms with Crippen LogP contribution in [0.2, 0.25) is 0 Å². The van der Waals surface area contributed by atoms with Crippen molar-refractivity contribution >= 4 is 64.9 Å². The average Bonchev–Trinajstić information content (AvgIpc) is 3.40. The van der Waals surface area contributed by atoms with E-state index in [-0.39, 0.29) is 30.4 Å². The maximum atomic E-state index is 13.6. The number of hydrogen-bond donors (Lipinski definition) is 7. The van der Waals surface area contributed by atoms with E-state index in [9.17, 15) is 28.8 Å². The molecule has 41 heavy (non-hydrogen) atoms. The number of nitrogens with one attached hydrogen (secondary N) is 4. The molecule has 0 aromatic heterocycles. The summed E-state index contributed by atoms with van der Waals surface area (Å²) in [6.45, 7) is 1.78. The molecular formula is C24H41N9O6S2. The van der Waals surface area contributed by atoms with Gasteiger partial charge in [0.25, 0.3) is 0 Å². The molecule has 0 aromatic carbocycles. The number of nitrogens with zero attached hydrogens (tertiary/aromatic N) is 2. The van der Waals surface area contributed by atoms with Gasteiger partial charge in [0.05, 0.1) is 0 Å². The molecule has 0 spiro atoms. The van der Waals surface area contributed by atoms with E-state index in [1.54, 1.807) is 0 Å². The van der Waals surface area contributed by atoms with Crippen LogP contribution in [-0.4, -0.2) is 113 Å². The SMILES string of the molecule is CSCC[C@@H]1NC(=O)[C@@H](NC(C)=O)CSC[C@@H](C(N)=O)NC(=O)[C@H](CCCN=C(N)N)NC(=O)[C@@H]2CCCN2C1=O. The highest BCUT2D eigenvalue weighted by Crippen LogP contribution is 2.21. The molecule has 0 aliphatic carbocycles. The van der Waals surface area contributed by atoms with E-state index in [2.05, 4.69) is 26.3 Å². The van der Waals surface area contributed by atoms with Crippen LogP contribution in [0.3, 0.4) is 0 Å². The van der Waals surface area contributed by atoms with Crippen molar-refractivity contribution in [2.75, 3.05) is 36.6 Å². The topological polar surface area (TPSA) is 244 Å². The number of guanidine groups is 1. The number of carbonyl (C=O) groups excluding carboxylic acids is 6. The predicted octanol–water partition coefficient (Wildman–Crippen LogP) is -3.02. The monoisotopic (exact) mass is 615 g/mol. The molecule has 0 bridgehead atoms. The first-order valence-corrected chi connectivity index (χ1v) is 15.9. The molecule has 6 amide bonds. The first kappa shape index (κ1) is 34.0. The van der Waals surface area contributed by atoms with Gasteiger partial charge in [-0.05, 0) is 44.1 Å². The molecule has 230 valence electrons. The summed E-state index contributed by atoms with van der Waals surface area (Å²) in [5.41, 5.74) is 16.3. The third-order valence-electron chi connectivity index (χ3n) is 6.56. The lowest BCUT2D eigenvalue weighted by Crippen LogP contribution is -2.59. The van der Waals surface area contributed by atoms with E-state index in [0.29, 0.717) is 38.0 Å². The van der Waals surface area contributed by atoms with Gasteiger partial charge in [-0.3, -0.25) is 33.8 Å². The van der Waals surface area contributed by atoms with Gasteiger partial charge in [0, 0.05) is 31.5 Å². The molecule has 0 saturated carbocycles. The van der Waals surface area contributed by atoms with Crippen LogP contribution in [-0.2, 0) is 28.8 Å². The molecular weight excluding hydrogens is 574 g/mol. The molecule has 17 heteroatoms. The minimum Gasteiger partial charge on any atom is -0.370 e. The van der Waals surface area contributed by atoms with Gasteiger partial charge in [-0.25, -0.2) is 0 Å². The third kappa shape index (κ3) is 10.9. The lowest BCUT2D eigenvalue weighted by molar-refractivity contribution is -0.142. The van der Waals surface area contributed by atoms with Crippen molar-refractivity contribution in [3.63, 3.8) is 0 Å². The van der Waals surface area contributed by atoms with E-state index in [0.717, 1.165) is 11.8 Å². The molecule has 5 atom stereocenters. The minimum absolute atomic E-state index is 0.00431. The molecule has 0 aromatic rings. The first-order valence-electron chi connectivity index (χ1n) is 13.3.